The van der Waals surface area contributed by atoms with Crippen molar-refractivity contribution in [3.63, 3.8) is 0 Å². The van der Waals surface area contributed by atoms with Crippen LogP contribution in [0.1, 0.15) is 38.5 Å². The second-order valence-corrected chi connectivity index (χ2v) is 5.39. The molecule has 1 saturated carbocycles. The van der Waals surface area contributed by atoms with Crippen LogP contribution in [0.15, 0.2) is 0 Å². The lowest BCUT2D eigenvalue weighted by Crippen LogP contribution is -2.53. The van der Waals surface area contributed by atoms with E-state index in [0.717, 1.165) is 45.2 Å². The summed E-state index contributed by atoms with van der Waals surface area (Å²) in [6.07, 6.45) is 6.38. The van der Waals surface area contributed by atoms with Gasteiger partial charge in [-0.05, 0) is 38.6 Å². The molecule has 0 bridgehead atoms. The molecule has 5 heteroatoms. The summed E-state index contributed by atoms with van der Waals surface area (Å²) in [5.74, 6) is 0.259. The minimum atomic E-state index is -0.118. The normalized spacial score (nSPS) is 25.7. The second kappa shape index (κ2) is 7.31. The third-order valence-corrected chi connectivity index (χ3v) is 4.21. The number of amides is 1. The molecule has 1 atom stereocenters. The van der Waals surface area contributed by atoms with Crippen molar-refractivity contribution in [1.29, 1.82) is 0 Å². The van der Waals surface area contributed by atoms with Gasteiger partial charge in [-0.3, -0.25) is 4.79 Å². The van der Waals surface area contributed by atoms with E-state index in [2.05, 4.69) is 10.6 Å². The van der Waals surface area contributed by atoms with Gasteiger partial charge in [0.05, 0.1) is 5.41 Å². The van der Waals surface area contributed by atoms with Gasteiger partial charge in [0.25, 0.3) is 0 Å². The summed E-state index contributed by atoms with van der Waals surface area (Å²) in [7, 11) is 1.70. The molecule has 1 aliphatic heterocycles. The van der Waals surface area contributed by atoms with Crippen molar-refractivity contribution in [3.05, 3.63) is 0 Å². The SMILES string of the molecule is COCCC1(C(=O)NC2CCCNC2)CCC1.Cl. The molecule has 0 aromatic heterocycles. The number of nitrogens with one attached hydrogen (secondary N) is 2. The number of ether oxygens (including phenoxy) is 1. The number of hydrogen-bond acceptors (Lipinski definition) is 3. The lowest BCUT2D eigenvalue weighted by Gasteiger charge is -2.41. The summed E-state index contributed by atoms with van der Waals surface area (Å²) in [6, 6.07) is 0.330. The predicted octanol–water partition coefficient (Wildman–Crippen LogP) is 1.48. The van der Waals surface area contributed by atoms with Crippen LogP contribution in [0.4, 0.5) is 0 Å². The lowest BCUT2D eigenvalue weighted by molar-refractivity contribution is -0.138. The maximum atomic E-state index is 12.3. The molecule has 1 heterocycles. The lowest BCUT2D eigenvalue weighted by atomic mass is 9.66. The molecule has 4 nitrogen and oxygen atoms in total. The Kier molecular flexibility index (Phi) is 6.39. The van der Waals surface area contributed by atoms with Crippen molar-refractivity contribution < 1.29 is 9.53 Å². The molecule has 1 aliphatic carbocycles. The van der Waals surface area contributed by atoms with Crippen LogP contribution in [-0.4, -0.2) is 38.8 Å². The highest BCUT2D eigenvalue weighted by molar-refractivity contribution is 5.85. The van der Waals surface area contributed by atoms with Gasteiger partial charge in [-0.2, -0.15) is 0 Å². The van der Waals surface area contributed by atoms with E-state index in [1.165, 1.54) is 6.42 Å². The Labute approximate surface area is 116 Å². The predicted molar refractivity (Wildman–Crippen MR) is 74.1 cm³/mol. The smallest absolute Gasteiger partial charge is 0.226 e. The van der Waals surface area contributed by atoms with Gasteiger partial charge in [0.15, 0.2) is 0 Å². The average Bonchev–Trinajstić information content (AvgIpc) is 2.29. The van der Waals surface area contributed by atoms with Gasteiger partial charge < -0.3 is 15.4 Å². The fourth-order valence-electron chi connectivity index (χ4n) is 2.81. The van der Waals surface area contributed by atoms with Gasteiger partial charge in [-0.15, -0.1) is 12.4 Å². The number of carbonyl (C=O) groups excluding carboxylic acids is 1. The third kappa shape index (κ3) is 3.59. The van der Waals surface area contributed by atoms with Crippen LogP contribution in [-0.2, 0) is 9.53 Å². The fraction of sp³-hybridized carbons (Fsp3) is 0.923. The third-order valence-electron chi connectivity index (χ3n) is 4.21. The molecule has 2 fully saturated rings. The minimum absolute atomic E-state index is 0. The summed E-state index contributed by atoms with van der Waals surface area (Å²) in [6.45, 7) is 2.70. The standard InChI is InChI=1S/C13H24N2O2.ClH/c1-17-9-7-13(5-3-6-13)12(16)15-11-4-2-8-14-10-11;/h11,14H,2-10H2,1H3,(H,15,16);1H. The van der Waals surface area contributed by atoms with Crippen LogP contribution in [0.2, 0.25) is 0 Å². The Morgan fingerprint density at radius 1 is 1.44 bits per heavy atom. The molecular weight excluding hydrogens is 252 g/mol. The summed E-state index contributed by atoms with van der Waals surface area (Å²) in [5, 5.41) is 6.54. The molecule has 0 radical (unpaired) electrons. The molecule has 1 amide bonds. The Bertz CT molecular complexity index is 264. The highest BCUT2D eigenvalue weighted by Gasteiger charge is 2.44. The maximum Gasteiger partial charge on any atom is 0.226 e. The highest BCUT2D eigenvalue weighted by Crippen LogP contribution is 2.44. The van der Waals surface area contributed by atoms with E-state index in [0.29, 0.717) is 12.6 Å². The van der Waals surface area contributed by atoms with Crippen molar-refractivity contribution in [1.82, 2.24) is 10.6 Å². The molecule has 0 aromatic carbocycles. The number of carbonyl (C=O) groups is 1. The van der Waals surface area contributed by atoms with Gasteiger partial charge in [-0.1, -0.05) is 6.42 Å². The summed E-state index contributed by atoms with van der Waals surface area (Å²) >= 11 is 0. The van der Waals surface area contributed by atoms with Crippen molar-refractivity contribution in [2.75, 3.05) is 26.8 Å². The average molecular weight is 277 g/mol. The van der Waals surface area contributed by atoms with E-state index >= 15 is 0 Å². The molecule has 1 saturated heterocycles. The van der Waals surface area contributed by atoms with Gasteiger partial charge >= 0.3 is 0 Å². The zero-order valence-electron chi connectivity index (χ0n) is 11.2. The van der Waals surface area contributed by atoms with Crippen LogP contribution < -0.4 is 10.6 Å². The Balaban J connectivity index is 0.00000162. The van der Waals surface area contributed by atoms with E-state index in [-0.39, 0.29) is 23.7 Å². The Morgan fingerprint density at radius 3 is 2.72 bits per heavy atom. The van der Waals surface area contributed by atoms with Crippen LogP contribution in [0, 0.1) is 5.41 Å². The van der Waals surface area contributed by atoms with E-state index in [9.17, 15) is 4.79 Å². The first kappa shape index (κ1) is 15.7. The van der Waals surface area contributed by atoms with E-state index < -0.39 is 0 Å². The van der Waals surface area contributed by atoms with Crippen molar-refractivity contribution in [3.8, 4) is 0 Å². The van der Waals surface area contributed by atoms with Gasteiger partial charge in [0.1, 0.15) is 0 Å². The zero-order chi connectivity index (χ0) is 12.1. The monoisotopic (exact) mass is 276 g/mol. The first-order chi connectivity index (χ1) is 8.27. The highest BCUT2D eigenvalue weighted by atomic mass is 35.5. The molecule has 0 spiro atoms. The minimum Gasteiger partial charge on any atom is -0.385 e. The van der Waals surface area contributed by atoms with Gasteiger partial charge in [0, 0.05) is 26.3 Å². The number of hydrogen-bond donors (Lipinski definition) is 2. The topological polar surface area (TPSA) is 50.4 Å². The summed E-state index contributed by atoms with van der Waals surface area (Å²) in [4.78, 5) is 12.3. The van der Waals surface area contributed by atoms with Crippen LogP contribution in [0.25, 0.3) is 0 Å². The zero-order valence-corrected chi connectivity index (χ0v) is 12.0. The maximum absolute atomic E-state index is 12.3. The Hall–Kier alpha value is -0.320. The van der Waals surface area contributed by atoms with E-state index in [1.54, 1.807) is 7.11 Å². The molecule has 1 unspecified atom stereocenters. The summed E-state index contributed by atoms with van der Waals surface area (Å²) in [5.41, 5.74) is -0.118. The number of piperidine rings is 1. The Morgan fingerprint density at radius 2 is 2.22 bits per heavy atom. The van der Waals surface area contributed by atoms with E-state index in [4.69, 9.17) is 4.74 Å². The first-order valence-corrected chi connectivity index (χ1v) is 6.77. The second-order valence-electron chi connectivity index (χ2n) is 5.39. The van der Waals surface area contributed by atoms with Crippen LogP contribution in [0.5, 0.6) is 0 Å². The number of halogens is 1. The van der Waals surface area contributed by atoms with Crippen molar-refractivity contribution in [2.24, 2.45) is 5.41 Å². The first-order valence-electron chi connectivity index (χ1n) is 6.77. The van der Waals surface area contributed by atoms with Crippen molar-refractivity contribution >= 4 is 18.3 Å². The number of rotatable bonds is 5. The fourth-order valence-corrected chi connectivity index (χ4v) is 2.81. The summed E-state index contributed by atoms with van der Waals surface area (Å²) < 4.78 is 5.12. The van der Waals surface area contributed by atoms with Gasteiger partial charge in [0.2, 0.25) is 5.91 Å². The molecule has 2 aliphatic rings. The molecule has 0 aromatic rings. The van der Waals surface area contributed by atoms with Crippen LogP contribution >= 0.6 is 12.4 Å². The largest absolute Gasteiger partial charge is 0.385 e. The molecule has 106 valence electrons. The molecular formula is C13H25ClN2O2. The van der Waals surface area contributed by atoms with E-state index in [1.807, 2.05) is 0 Å². The van der Waals surface area contributed by atoms with Gasteiger partial charge in [-0.25, -0.2) is 0 Å². The quantitative estimate of drug-likeness (QED) is 0.800. The molecule has 2 rings (SSSR count). The molecule has 18 heavy (non-hydrogen) atoms. The molecule has 2 N–H and O–H groups in total. The van der Waals surface area contributed by atoms with Crippen molar-refractivity contribution in [2.45, 2.75) is 44.6 Å². The number of methoxy groups -OCH3 is 1. The van der Waals surface area contributed by atoms with Crippen LogP contribution in [0.3, 0.4) is 0 Å².